The summed E-state index contributed by atoms with van der Waals surface area (Å²) in [5, 5.41) is 3.48. The van der Waals surface area contributed by atoms with Gasteiger partial charge in [0.15, 0.2) is 5.11 Å². The maximum atomic E-state index is 5.12. The summed E-state index contributed by atoms with van der Waals surface area (Å²) in [6.45, 7) is 2.88. The van der Waals surface area contributed by atoms with Gasteiger partial charge in [0, 0.05) is 6.54 Å². The Bertz CT molecular complexity index is 312. The number of thiocarbonyl (C=S) groups is 1. The molecule has 0 aromatic heterocycles. The van der Waals surface area contributed by atoms with Crippen LogP contribution in [0.3, 0.4) is 0 Å². The first-order valence-corrected chi connectivity index (χ1v) is 4.93. The molecule has 0 heterocycles. The summed E-state index contributed by atoms with van der Waals surface area (Å²) in [5.41, 5.74) is 4.97. The van der Waals surface area contributed by atoms with Gasteiger partial charge in [-0.25, -0.2) is 5.84 Å². The van der Waals surface area contributed by atoms with Crippen molar-refractivity contribution in [3.05, 3.63) is 35.4 Å². The normalized spacial score (nSPS) is 9.57. The minimum absolute atomic E-state index is 0.484. The molecule has 1 aromatic carbocycles. The second kappa shape index (κ2) is 5.57. The third kappa shape index (κ3) is 3.72. The molecule has 4 N–H and O–H groups in total. The van der Waals surface area contributed by atoms with E-state index in [1.165, 1.54) is 11.1 Å². The molecule has 4 heteroatoms. The van der Waals surface area contributed by atoms with Crippen LogP contribution < -0.4 is 16.6 Å². The molecule has 0 fully saturated rings. The van der Waals surface area contributed by atoms with Gasteiger partial charge in [-0.1, -0.05) is 29.8 Å². The van der Waals surface area contributed by atoms with Crippen molar-refractivity contribution < 1.29 is 0 Å². The number of hydrogen-bond donors (Lipinski definition) is 3. The van der Waals surface area contributed by atoms with Crippen LogP contribution in [0.5, 0.6) is 0 Å². The molecule has 3 nitrogen and oxygen atoms in total. The van der Waals surface area contributed by atoms with Crippen molar-refractivity contribution in [2.45, 2.75) is 13.3 Å². The predicted octanol–water partition coefficient (Wildman–Crippen LogP) is 0.875. The SMILES string of the molecule is Cc1cccc(CCNC(=S)NN)c1. The molecule has 0 unspecified atom stereocenters. The Labute approximate surface area is 89.7 Å². The van der Waals surface area contributed by atoms with Crippen LogP contribution in [0.1, 0.15) is 11.1 Å². The van der Waals surface area contributed by atoms with Crippen molar-refractivity contribution in [2.75, 3.05) is 6.54 Å². The van der Waals surface area contributed by atoms with Gasteiger partial charge in [-0.2, -0.15) is 0 Å². The number of nitrogens with two attached hydrogens (primary N) is 1. The molecule has 76 valence electrons. The van der Waals surface area contributed by atoms with Gasteiger partial charge >= 0.3 is 0 Å². The van der Waals surface area contributed by atoms with Crippen molar-refractivity contribution in [1.82, 2.24) is 10.7 Å². The van der Waals surface area contributed by atoms with E-state index in [0.29, 0.717) is 5.11 Å². The molecule has 0 aliphatic carbocycles. The molecule has 0 spiro atoms. The maximum absolute atomic E-state index is 5.12. The molecule has 1 rings (SSSR count). The van der Waals surface area contributed by atoms with E-state index in [1.54, 1.807) is 0 Å². The molecule has 14 heavy (non-hydrogen) atoms. The van der Waals surface area contributed by atoms with Crippen molar-refractivity contribution in [3.63, 3.8) is 0 Å². The zero-order chi connectivity index (χ0) is 10.4. The summed E-state index contributed by atoms with van der Waals surface area (Å²) in [7, 11) is 0. The van der Waals surface area contributed by atoms with Crippen LogP contribution in [0.25, 0.3) is 0 Å². The summed E-state index contributed by atoms with van der Waals surface area (Å²) in [6.07, 6.45) is 0.948. The standard InChI is InChI=1S/C10H15N3S/c1-8-3-2-4-9(7-8)5-6-12-10(14)13-11/h2-4,7H,5-6,11H2,1H3,(H2,12,13,14). The van der Waals surface area contributed by atoms with Crippen LogP contribution in [-0.2, 0) is 6.42 Å². The first kappa shape index (κ1) is 10.9. The van der Waals surface area contributed by atoms with Gasteiger partial charge in [-0.15, -0.1) is 0 Å². The number of nitrogens with one attached hydrogen (secondary N) is 2. The zero-order valence-corrected chi connectivity index (χ0v) is 9.03. The maximum Gasteiger partial charge on any atom is 0.180 e. The average molecular weight is 209 g/mol. The van der Waals surface area contributed by atoms with Gasteiger partial charge < -0.3 is 10.7 Å². The average Bonchev–Trinajstić information content (AvgIpc) is 2.17. The van der Waals surface area contributed by atoms with E-state index in [9.17, 15) is 0 Å². The van der Waals surface area contributed by atoms with E-state index < -0.39 is 0 Å². The van der Waals surface area contributed by atoms with Crippen molar-refractivity contribution in [2.24, 2.45) is 5.84 Å². The third-order valence-electron chi connectivity index (χ3n) is 1.91. The lowest BCUT2D eigenvalue weighted by Crippen LogP contribution is -2.40. The van der Waals surface area contributed by atoms with Crippen LogP contribution in [0.2, 0.25) is 0 Å². The lowest BCUT2D eigenvalue weighted by molar-refractivity contribution is 0.835. The predicted molar refractivity (Wildman–Crippen MR) is 62.8 cm³/mol. The molecule has 0 atom stereocenters. The topological polar surface area (TPSA) is 50.1 Å². The highest BCUT2D eigenvalue weighted by molar-refractivity contribution is 7.80. The van der Waals surface area contributed by atoms with Crippen LogP contribution in [0, 0.1) is 6.92 Å². The quantitative estimate of drug-likeness (QED) is 0.393. The van der Waals surface area contributed by atoms with E-state index in [2.05, 4.69) is 41.9 Å². The zero-order valence-electron chi connectivity index (χ0n) is 8.21. The number of benzene rings is 1. The summed E-state index contributed by atoms with van der Waals surface area (Å²) >= 11 is 4.85. The van der Waals surface area contributed by atoms with Crippen molar-refractivity contribution >= 4 is 17.3 Å². The Hall–Kier alpha value is -1.13. The fourth-order valence-corrected chi connectivity index (χ4v) is 1.34. The van der Waals surface area contributed by atoms with Crippen LogP contribution >= 0.6 is 12.2 Å². The van der Waals surface area contributed by atoms with Gasteiger partial charge in [0.25, 0.3) is 0 Å². The lowest BCUT2D eigenvalue weighted by atomic mass is 10.1. The van der Waals surface area contributed by atoms with Gasteiger partial charge in [0.2, 0.25) is 0 Å². The molecular formula is C10H15N3S. The Kier molecular flexibility index (Phi) is 4.35. The van der Waals surface area contributed by atoms with Crippen LogP contribution in [-0.4, -0.2) is 11.7 Å². The molecule has 0 amide bonds. The number of hydrazine groups is 1. The van der Waals surface area contributed by atoms with E-state index in [0.717, 1.165) is 13.0 Å². The Balaban J connectivity index is 2.35. The highest BCUT2D eigenvalue weighted by atomic mass is 32.1. The molecule has 0 bridgehead atoms. The minimum Gasteiger partial charge on any atom is -0.361 e. The van der Waals surface area contributed by atoms with Crippen molar-refractivity contribution in [1.29, 1.82) is 0 Å². The number of hydrogen-bond acceptors (Lipinski definition) is 2. The van der Waals surface area contributed by atoms with E-state index in [4.69, 9.17) is 18.1 Å². The van der Waals surface area contributed by atoms with E-state index in [-0.39, 0.29) is 0 Å². The summed E-state index contributed by atoms with van der Waals surface area (Å²) < 4.78 is 0. The second-order valence-corrected chi connectivity index (χ2v) is 3.55. The van der Waals surface area contributed by atoms with Crippen molar-refractivity contribution in [3.8, 4) is 0 Å². The molecule has 0 saturated heterocycles. The largest absolute Gasteiger partial charge is 0.361 e. The fourth-order valence-electron chi connectivity index (χ4n) is 1.24. The monoisotopic (exact) mass is 209 g/mol. The first-order chi connectivity index (χ1) is 6.72. The van der Waals surface area contributed by atoms with Crippen LogP contribution in [0.15, 0.2) is 24.3 Å². The summed E-state index contributed by atoms with van der Waals surface area (Å²) in [4.78, 5) is 0. The fraction of sp³-hybridized carbons (Fsp3) is 0.300. The highest BCUT2D eigenvalue weighted by Crippen LogP contribution is 2.03. The Morgan fingerprint density at radius 2 is 2.29 bits per heavy atom. The highest BCUT2D eigenvalue weighted by Gasteiger charge is 1.94. The molecule has 0 aliphatic heterocycles. The van der Waals surface area contributed by atoms with Gasteiger partial charge in [-0.05, 0) is 31.1 Å². The Morgan fingerprint density at radius 1 is 1.50 bits per heavy atom. The molecule has 0 aliphatic rings. The molecule has 1 aromatic rings. The summed E-state index contributed by atoms with van der Waals surface area (Å²) in [5.74, 6) is 5.12. The molecule has 0 radical (unpaired) electrons. The first-order valence-electron chi connectivity index (χ1n) is 4.52. The lowest BCUT2D eigenvalue weighted by Gasteiger charge is -2.06. The number of aryl methyl sites for hydroxylation is 1. The van der Waals surface area contributed by atoms with Gasteiger partial charge in [-0.3, -0.25) is 0 Å². The Morgan fingerprint density at radius 3 is 2.93 bits per heavy atom. The smallest absolute Gasteiger partial charge is 0.180 e. The van der Waals surface area contributed by atoms with Gasteiger partial charge in [0.1, 0.15) is 0 Å². The second-order valence-electron chi connectivity index (χ2n) is 3.14. The van der Waals surface area contributed by atoms with Gasteiger partial charge in [0.05, 0.1) is 0 Å². The van der Waals surface area contributed by atoms with Crippen LogP contribution in [0.4, 0.5) is 0 Å². The van der Waals surface area contributed by atoms with E-state index in [1.807, 2.05) is 0 Å². The minimum atomic E-state index is 0.484. The molecular weight excluding hydrogens is 194 g/mol. The number of rotatable bonds is 3. The molecule has 0 saturated carbocycles. The summed E-state index contributed by atoms with van der Waals surface area (Å²) in [6, 6.07) is 8.42. The van der Waals surface area contributed by atoms with E-state index >= 15 is 0 Å². The third-order valence-corrected chi connectivity index (χ3v) is 2.17.